The molecule has 0 aliphatic rings. The molecular formula is C13H14BrCl2N3. The SMILES string of the molecule is CCCNCc1ccn(-c2ccc(Br)c(Cl)c2Cl)n1. The Morgan fingerprint density at radius 1 is 1.26 bits per heavy atom. The fraction of sp³-hybridized carbons (Fsp3) is 0.308. The van der Waals surface area contributed by atoms with Gasteiger partial charge in [0.15, 0.2) is 0 Å². The van der Waals surface area contributed by atoms with Gasteiger partial charge in [0.2, 0.25) is 0 Å². The second kappa shape index (κ2) is 6.75. The number of hydrogen-bond donors (Lipinski definition) is 1. The average molecular weight is 363 g/mol. The van der Waals surface area contributed by atoms with Crippen molar-refractivity contribution in [3.8, 4) is 5.69 Å². The van der Waals surface area contributed by atoms with Crippen LogP contribution in [0.1, 0.15) is 19.0 Å². The van der Waals surface area contributed by atoms with Gasteiger partial charge in [0, 0.05) is 17.2 Å². The molecule has 3 nitrogen and oxygen atoms in total. The first-order chi connectivity index (χ1) is 9.13. The monoisotopic (exact) mass is 361 g/mol. The molecule has 0 saturated heterocycles. The summed E-state index contributed by atoms with van der Waals surface area (Å²) >= 11 is 15.7. The van der Waals surface area contributed by atoms with E-state index in [2.05, 4.69) is 33.3 Å². The molecule has 1 N–H and O–H groups in total. The zero-order valence-corrected chi connectivity index (χ0v) is 13.6. The van der Waals surface area contributed by atoms with Gasteiger partial charge in [-0.3, -0.25) is 0 Å². The van der Waals surface area contributed by atoms with Crippen molar-refractivity contribution >= 4 is 39.1 Å². The maximum absolute atomic E-state index is 6.23. The van der Waals surface area contributed by atoms with Gasteiger partial charge in [0.05, 0.1) is 21.4 Å². The molecule has 19 heavy (non-hydrogen) atoms. The highest BCUT2D eigenvalue weighted by molar-refractivity contribution is 9.10. The van der Waals surface area contributed by atoms with Crippen molar-refractivity contribution in [2.45, 2.75) is 19.9 Å². The second-order valence-electron chi connectivity index (χ2n) is 4.12. The Kier molecular flexibility index (Phi) is 5.28. The summed E-state index contributed by atoms with van der Waals surface area (Å²) in [6.45, 7) is 3.87. The van der Waals surface area contributed by atoms with Crippen molar-refractivity contribution in [1.82, 2.24) is 15.1 Å². The van der Waals surface area contributed by atoms with E-state index in [1.54, 1.807) is 4.68 Å². The van der Waals surface area contributed by atoms with Crippen LogP contribution in [0.4, 0.5) is 0 Å². The van der Waals surface area contributed by atoms with Gasteiger partial charge in [-0.15, -0.1) is 0 Å². The Hall–Kier alpha value is -0.550. The summed E-state index contributed by atoms with van der Waals surface area (Å²) in [6.07, 6.45) is 2.99. The molecule has 0 bridgehead atoms. The van der Waals surface area contributed by atoms with Crippen LogP contribution in [0.2, 0.25) is 10.0 Å². The minimum atomic E-state index is 0.493. The highest BCUT2D eigenvalue weighted by Crippen LogP contribution is 2.34. The third kappa shape index (κ3) is 3.51. The predicted molar refractivity (Wildman–Crippen MR) is 83.3 cm³/mol. The largest absolute Gasteiger partial charge is 0.311 e. The molecular weight excluding hydrogens is 349 g/mol. The number of hydrogen-bond acceptors (Lipinski definition) is 2. The molecule has 0 radical (unpaired) electrons. The van der Waals surface area contributed by atoms with Gasteiger partial charge in [-0.2, -0.15) is 5.10 Å². The van der Waals surface area contributed by atoms with Crippen molar-refractivity contribution < 1.29 is 0 Å². The van der Waals surface area contributed by atoms with Crippen LogP contribution in [0.25, 0.3) is 5.69 Å². The van der Waals surface area contributed by atoms with Crippen LogP contribution < -0.4 is 5.32 Å². The lowest BCUT2D eigenvalue weighted by molar-refractivity contribution is 0.656. The van der Waals surface area contributed by atoms with E-state index in [9.17, 15) is 0 Å². The molecule has 1 heterocycles. The first-order valence-electron chi connectivity index (χ1n) is 6.02. The van der Waals surface area contributed by atoms with Gasteiger partial charge in [-0.25, -0.2) is 4.68 Å². The van der Waals surface area contributed by atoms with Crippen LogP contribution in [0.5, 0.6) is 0 Å². The van der Waals surface area contributed by atoms with Gasteiger partial charge in [0.25, 0.3) is 0 Å². The van der Waals surface area contributed by atoms with Crippen LogP contribution in [0, 0.1) is 0 Å². The predicted octanol–water partition coefficient (Wildman–Crippen LogP) is 4.44. The Bertz CT molecular complexity index is 569. The minimum Gasteiger partial charge on any atom is -0.311 e. The number of nitrogens with zero attached hydrogens (tertiary/aromatic N) is 2. The average Bonchev–Trinajstić information content (AvgIpc) is 2.85. The van der Waals surface area contributed by atoms with Gasteiger partial charge >= 0.3 is 0 Å². The van der Waals surface area contributed by atoms with Crippen molar-refractivity contribution in [3.05, 3.63) is 44.6 Å². The van der Waals surface area contributed by atoms with Gasteiger partial charge in [-0.1, -0.05) is 30.1 Å². The highest BCUT2D eigenvalue weighted by Gasteiger charge is 2.11. The number of nitrogens with one attached hydrogen (secondary N) is 1. The van der Waals surface area contributed by atoms with E-state index in [1.165, 1.54) is 0 Å². The van der Waals surface area contributed by atoms with Crippen molar-refractivity contribution in [2.75, 3.05) is 6.54 Å². The third-order valence-corrected chi connectivity index (χ3v) is 4.40. The van der Waals surface area contributed by atoms with Crippen LogP contribution in [-0.2, 0) is 6.54 Å². The summed E-state index contributed by atoms with van der Waals surface area (Å²) in [7, 11) is 0. The second-order valence-corrected chi connectivity index (χ2v) is 5.73. The van der Waals surface area contributed by atoms with Gasteiger partial charge in [-0.05, 0) is 47.1 Å². The number of aromatic nitrogens is 2. The summed E-state index contributed by atoms with van der Waals surface area (Å²) in [5, 5.41) is 8.78. The fourth-order valence-electron chi connectivity index (χ4n) is 1.68. The molecule has 2 rings (SSSR count). The maximum atomic E-state index is 6.23. The number of halogens is 3. The maximum Gasteiger partial charge on any atom is 0.0860 e. The molecule has 102 valence electrons. The molecule has 6 heteroatoms. The Labute approximate surface area is 131 Å². The smallest absolute Gasteiger partial charge is 0.0860 e. The molecule has 0 saturated carbocycles. The quantitative estimate of drug-likeness (QED) is 0.629. The number of benzene rings is 1. The van der Waals surface area contributed by atoms with Crippen LogP contribution in [0.3, 0.4) is 0 Å². The first-order valence-corrected chi connectivity index (χ1v) is 7.57. The molecule has 0 unspecified atom stereocenters. The van der Waals surface area contributed by atoms with Crippen LogP contribution in [0.15, 0.2) is 28.9 Å². The van der Waals surface area contributed by atoms with E-state index in [0.29, 0.717) is 10.0 Å². The first kappa shape index (κ1) is 14.9. The van der Waals surface area contributed by atoms with E-state index >= 15 is 0 Å². The Morgan fingerprint density at radius 2 is 2.05 bits per heavy atom. The zero-order chi connectivity index (χ0) is 13.8. The molecule has 0 amide bonds. The van der Waals surface area contributed by atoms with Crippen molar-refractivity contribution in [1.29, 1.82) is 0 Å². The molecule has 2 aromatic rings. The lowest BCUT2D eigenvalue weighted by Crippen LogP contribution is -2.14. The summed E-state index contributed by atoms with van der Waals surface area (Å²) in [6, 6.07) is 5.71. The molecule has 0 atom stereocenters. The normalized spacial score (nSPS) is 10.9. The summed E-state index contributed by atoms with van der Waals surface area (Å²) in [4.78, 5) is 0. The minimum absolute atomic E-state index is 0.493. The molecule has 1 aromatic carbocycles. The highest BCUT2D eigenvalue weighted by atomic mass is 79.9. The Morgan fingerprint density at radius 3 is 2.79 bits per heavy atom. The van der Waals surface area contributed by atoms with Gasteiger partial charge < -0.3 is 5.32 Å². The standard InChI is InChI=1S/C13H14BrCl2N3/c1-2-6-17-8-9-5-7-19(18-9)11-4-3-10(14)12(15)13(11)16/h3-5,7,17H,2,6,8H2,1H3. The lowest BCUT2D eigenvalue weighted by atomic mass is 10.3. The van der Waals surface area contributed by atoms with Crippen molar-refractivity contribution in [3.63, 3.8) is 0 Å². The van der Waals surface area contributed by atoms with Gasteiger partial charge in [0.1, 0.15) is 0 Å². The van der Waals surface area contributed by atoms with Crippen LogP contribution in [-0.4, -0.2) is 16.3 Å². The third-order valence-electron chi connectivity index (χ3n) is 2.64. The van der Waals surface area contributed by atoms with E-state index in [0.717, 1.165) is 35.4 Å². The molecule has 0 aliphatic carbocycles. The van der Waals surface area contributed by atoms with E-state index in [4.69, 9.17) is 23.2 Å². The number of rotatable bonds is 5. The molecule has 0 aliphatic heterocycles. The van der Waals surface area contributed by atoms with E-state index in [-0.39, 0.29) is 0 Å². The topological polar surface area (TPSA) is 29.9 Å². The molecule has 0 spiro atoms. The van der Waals surface area contributed by atoms with Crippen molar-refractivity contribution in [2.24, 2.45) is 0 Å². The van der Waals surface area contributed by atoms with Crippen LogP contribution >= 0.6 is 39.1 Å². The lowest BCUT2D eigenvalue weighted by Gasteiger charge is -2.07. The Balaban J connectivity index is 2.21. The zero-order valence-electron chi connectivity index (χ0n) is 10.5. The molecule has 0 fully saturated rings. The summed E-state index contributed by atoms with van der Waals surface area (Å²) in [5.41, 5.74) is 1.75. The van der Waals surface area contributed by atoms with E-state index in [1.807, 2.05) is 24.4 Å². The molecule has 1 aromatic heterocycles. The van der Waals surface area contributed by atoms with E-state index < -0.39 is 0 Å². The fourth-order valence-corrected chi connectivity index (χ4v) is 2.53. The summed E-state index contributed by atoms with van der Waals surface area (Å²) in [5.74, 6) is 0. The summed E-state index contributed by atoms with van der Waals surface area (Å²) < 4.78 is 2.52.